The molecule has 0 aliphatic heterocycles. The molecule has 0 heterocycles. The smallest absolute Gasteiger partial charge is 0.309 e. The summed E-state index contributed by atoms with van der Waals surface area (Å²) in [7, 11) is 0. The third-order valence-corrected chi connectivity index (χ3v) is 3.83. The van der Waals surface area contributed by atoms with Crippen LogP contribution in [-0.4, -0.2) is 33.4 Å². The molecule has 0 radical (unpaired) electrons. The number of carboxylic acids is 2. The second-order valence-electron chi connectivity index (χ2n) is 6.12. The monoisotopic (exact) mass is 364 g/mol. The van der Waals surface area contributed by atoms with Gasteiger partial charge in [0.2, 0.25) is 0 Å². The Morgan fingerprint density at radius 3 is 2.31 bits per heavy atom. The Bertz CT molecular complexity index is 503. The summed E-state index contributed by atoms with van der Waals surface area (Å²) in [5.74, 6) is -3.08. The number of hydrogen-bond acceptors (Lipinski definition) is 3. The number of aliphatic carboxylic acids is 2. The number of aliphatic hydroxyl groups is 1. The van der Waals surface area contributed by atoms with E-state index in [2.05, 4.69) is 19.1 Å². The molecule has 0 saturated carbocycles. The van der Waals surface area contributed by atoms with Crippen LogP contribution in [0.1, 0.15) is 58.3 Å². The van der Waals surface area contributed by atoms with Crippen molar-refractivity contribution in [2.45, 2.75) is 64.4 Å². The van der Waals surface area contributed by atoms with Crippen molar-refractivity contribution in [1.82, 2.24) is 0 Å². The predicted molar refractivity (Wildman–Crippen MR) is 104 cm³/mol. The minimum absolute atomic E-state index is 0.0992. The van der Waals surface area contributed by atoms with Gasteiger partial charge < -0.3 is 15.3 Å². The normalized spacial score (nSPS) is 14.7. The summed E-state index contributed by atoms with van der Waals surface area (Å²) in [6.07, 6.45) is 19.6. The van der Waals surface area contributed by atoms with Gasteiger partial charge in [-0.1, -0.05) is 68.4 Å². The number of rotatable bonds is 15. The predicted octanol–water partition coefficient (Wildman–Crippen LogP) is 4.50. The van der Waals surface area contributed by atoms with E-state index < -0.39 is 24.0 Å². The highest BCUT2D eigenvalue weighted by atomic mass is 16.4. The first-order valence-electron chi connectivity index (χ1n) is 9.26. The van der Waals surface area contributed by atoms with Crippen LogP contribution in [0.4, 0.5) is 0 Å². The number of allylic oxidation sites excluding steroid dienone is 7. The maximum atomic E-state index is 11.2. The summed E-state index contributed by atoms with van der Waals surface area (Å²) in [6.45, 7) is 2.19. The van der Waals surface area contributed by atoms with Gasteiger partial charge in [-0.3, -0.25) is 9.59 Å². The van der Waals surface area contributed by atoms with E-state index in [-0.39, 0.29) is 19.3 Å². The van der Waals surface area contributed by atoms with Crippen LogP contribution < -0.4 is 0 Å². The van der Waals surface area contributed by atoms with E-state index in [1.54, 1.807) is 12.2 Å². The van der Waals surface area contributed by atoms with Gasteiger partial charge in [-0.15, -0.1) is 0 Å². The molecule has 0 aliphatic rings. The number of unbranched alkanes of at least 4 members (excludes halogenated alkanes) is 3. The largest absolute Gasteiger partial charge is 0.481 e. The van der Waals surface area contributed by atoms with Gasteiger partial charge in [0.15, 0.2) is 0 Å². The first-order valence-corrected chi connectivity index (χ1v) is 9.26. The number of aliphatic hydroxyl groups excluding tert-OH is 1. The first-order chi connectivity index (χ1) is 12.5. The molecule has 0 fully saturated rings. The Labute approximate surface area is 156 Å². The maximum absolute atomic E-state index is 11.2. The molecule has 0 spiro atoms. The number of hydrogen-bond donors (Lipinski definition) is 3. The molecule has 5 nitrogen and oxygen atoms in total. The minimum Gasteiger partial charge on any atom is -0.481 e. The van der Waals surface area contributed by atoms with Gasteiger partial charge in [-0.2, -0.15) is 0 Å². The molecule has 2 atom stereocenters. The van der Waals surface area contributed by atoms with Crippen LogP contribution in [0.3, 0.4) is 0 Å². The lowest BCUT2D eigenvalue weighted by molar-refractivity contribution is -0.145. The molecule has 0 bridgehead atoms. The van der Waals surface area contributed by atoms with Crippen molar-refractivity contribution in [2.75, 3.05) is 0 Å². The van der Waals surface area contributed by atoms with E-state index in [9.17, 15) is 14.7 Å². The molecule has 3 N–H and O–H groups in total. The molecule has 26 heavy (non-hydrogen) atoms. The third kappa shape index (κ3) is 14.2. The second-order valence-corrected chi connectivity index (χ2v) is 6.12. The van der Waals surface area contributed by atoms with Crippen molar-refractivity contribution in [2.24, 2.45) is 5.92 Å². The van der Waals surface area contributed by atoms with Gasteiger partial charge >= 0.3 is 11.9 Å². The van der Waals surface area contributed by atoms with Crippen molar-refractivity contribution in [3.05, 3.63) is 48.6 Å². The number of carbonyl (C=O) groups is 2. The molecule has 0 rings (SSSR count). The lowest BCUT2D eigenvalue weighted by Crippen LogP contribution is -2.26. The fourth-order valence-corrected chi connectivity index (χ4v) is 2.32. The zero-order chi connectivity index (χ0) is 19.6. The standard InChI is InChI=1S/C21H32O5/c1-2-3-4-5-6-7-8-9-10-11-12-13-16-19(22)18(21(25)26)15-14-17-20(23)24/h6-7,9-13,16,18-19,22H,2-5,8,14-15,17H2,1H3,(H,23,24)(H,25,26)/b7-6-,10-9+,12-11+,16-13+/t18-,19-/m0/s1. The molecule has 146 valence electrons. The summed E-state index contributed by atoms with van der Waals surface area (Å²) >= 11 is 0. The van der Waals surface area contributed by atoms with Crippen molar-refractivity contribution in [1.29, 1.82) is 0 Å². The third-order valence-electron chi connectivity index (χ3n) is 3.83. The fourth-order valence-electron chi connectivity index (χ4n) is 2.32. The van der Waals surface area contributed by atoms with Crippen LogP contribution in [0.15, 0.2) is 48.6 Å². The van der Waals surface area contributed by atoms with Crippen LogP contribution in [0.2, 0.25) is 0 Å². The molecular formula is C21H32O5. The SMILES string of the molecule is CCCCC/C=C\C/C=C/C=C/C=C/[C@H](O)[C@H](CCCC(=O)O)C(=O)O. The summed E-state index contributed by atoms with van der Waals surface area (Å²) < 4.78 is 0. The quantitative estimate of drug-likeness (QED) is 0.226. The highest BCUT2D eigenvalue weighted by molar-refractivity contribution is 5.71. The van der Waals surface area contributed by atoms with Crippen molar-refractivity contribution < 1.29 is 24.9 Å². The van der Waals surface area contributed by atoms with Crippen LogP contribution in [0, 0.1) is 5.92 Å². The van der Waals surface area contributed by atoms with Gasteiger partial charge in [0.1, 0.15) is 0 Å². The van der Waals surface area contributed by atoms with E-state index in [1.165, 1.54) is 25.3 Å². The van der Waals surface area contributed by atoms with Crippen molar-refractivity contribution in [3.8, 4) is 0 Å². The topological polar surface area (TPSA) is 94.8 Å². The molecule has 0 amide bonds. The summed E-state index contributed by atoms with van der Waals surface area (Å²) in [5, 5.41) is 27.6. The van der Waals surface area contributed by atoms with Crippen LogP contribution >= 0.6 is 0 Å². The van der Waals surface area contributed by atoms with Crippen molar-refractivity contribution in [3.63, 3.8) is 0 Å². The Balaban J connectivity index is 4.14. The average molecular weight is 364 g/mol. The zero-order valence-electron chi connectivity index (χ0n) is 15.6. The molecule has 0 aliphatic carbocycles. The summed E-state index contributed by atoms with van der Waals surface area (Å²) in [6, 6.07) is 0. The lowest BCUT2D eigenvalue weighted by atomic mass is 9.95. The zero-order valence-corrected chi connectivity index (χ0v) is 15.6. The lowest BCUT2D eigenvalue weighted by Gasteiger charge is -2.15. The van der Waals surface area contributed by atoms with Gasteiger partial charge in [-0.05, 0) is 32.1 Å². The minimum atomic E-state index is -1.14. The molecule has 0 aromatic rings. The molecule has 0 saturated heterocycles. The Kier molecular flexibility index (Phi) is 15.0. The van der Waals surface area contributed by atoms with E-state index in [4.69, 9.17) is 10.2 Å². The fraction of sp³-hybridized carbons (Fsp3) is 0.524. The Morgan fingerprint density at radius 2 is 1.65 bits per heavy atom. The maximum Gasteiger partial charge on any atom is 0.309 e. The summed E-state index contributed by atoms with van der Waals surface area (Å²) in [4.78, 5) is 21.6. The summed E-state index contributed by atoms with van der Waals surface area (Å²) in [5.41, 5.74) is 0. The van der Waals surface area contributed by atoms with Crippen molar-refractivity contribution >= 4 is 11.9 Å². The van der Waals surface area contributed by atoms with Gasteiger partial charge in [0.25, 0.3) is 0 Å². The van der Waals surface area contributed by atoms with E-state index in [0.717, 1.165) is 12.8 Å². The first kappa shape index (κ1) is 23.9. The average Bonchev–Trinajstić information content (AvgIpc) is 2.59. The molecule has 0 aromatic heterocycles. The van der Waals surface area contributed by atoms with Crippen LogP contribution in [-0.2, 0) is 9.59 Å². The Hall–Kier alpha value is -2.14. The molecule has 0 aromatic carbocycles. The van der Waals surface area contributed by atoms with Crippen LogP contribution in [0.25, 0.3) is 0 Å². The highest BCUT2D eigenvalue weighted by Crippen LogP contribution is 2.15. The van der Waals surface area contributed by atoms with E-state index in [0.29, 0.717) is 0 Å². The van der Waals surface area contributed by atoms with E-state index >= 15 is 0 Å². The second kappa shape index (κ2) is 16.3. The molecule has 5 heteroatoms. The van der Waals surface area contributed by atoms with Gasteiger partial charge in [0.05, 0.1) is 12.0 Å². The highest BCUT2D eigenvalue weighted by Gasteiger charge is 2.24. The number of carboxylic acid groups (broad SMARTS) is 2. The van der Waals surface area contributed by atoms with E-state index in [1.807, 2.05) is 18.2 Å². The van der Waals surface area contributed by atoms with Gasteiger partial charge in [0, 0.05) is 6.42 Å². The van der Waals surface area contributed by atoms with Crippen LogP contribution in [0.5, 0.6) is 0 Å². The van der Waals surface area contributed by atoms with Gasteiger partial charge in [-0.25, -0.2) is 0 Å². The molecule has 0 unspecified atom stereocenters. The Morgan fingerprint density at radius 1 is 0.923 bits per heavy atom. The molecular weight excluding hydrogens is 332 g/mol.